The topological polar surface area (TPSA) is 84.3 Å². The minimum atomic E-state index is -0.478. The molecule has 0 aliphatic heterocycles. The standard InChI is InChI=1S/C19H15N3O3S/c23-18(12-14-6-3-5-13-4-1-2-7-17(13)14)21-19(26)20-15-8-10-16(11-9-15)22(24)25/h1-11H,12H2,(H2,20,21,23,26). The van der Waals surface area contributed by atoms with E-state index in [0.717, 1.165) is 16.3 Å². The smallest absolute Gasteiger partial charge is 0.269 e. The van der Waals surface area contributed by atoms with Crippen molar-refractivity contribution in [3.05, 3.63) is 82.4 Å². The minimum Gasteiger partial charge on any atom is -0.332 e. The number of rotatable bonds is 4. The summed E-state index contributed by atoms with van der Waals surface area (Å²) >= 11 is 5.13. The molecule has 1 amide bonds. The van der Waals surface area contributed by atoms with Crippen molar-refractivity contribution in [2.75, 3.05) is 5.32 Å². The summed E-state index contributed by atoms with van der Waals surface area (Å²) in [5, 5.41) is 18.4. The van der Waals surface area contributed by atoms with E-state index in [-0.39, 0.29) is 23.1 Å². The van der Waals surface area contributed by atoms with Gasteiger partial charge in [0.2, 0.25) is 5.91 Å². The van der Waals surface area contributed by atoms with E-state index in [1.807, 2.05) is 42.5 Å². The quantitative estimate of drug-likeness (QED) is 0.417. The second-order valence-corrected chi connectivity index (χ2v) is 6.03. The van der Waals surface area contributed by atoms with Crippen molar-refractivity contribution in [2.45, 2.75) is 6.42 Å². The number of non-ortho nitro benzene ring substituents is 1. The van der Waals surface area contributed by atoms with Gasteiger partial charge in [-0.05, 0) is 40.7 Å². The molecule has 0 radical (unpaired) electrons. The number of hydrogen-bond acceptors (Lipinski definition) is 4. The number of anilines is 1. The van der Waals surface area contributed by atoms with Crippen LogP contribution in [0.15, 0.2) is 66.7 Å². The Labute approximate surface area is 155 Å². The van der Waals surface area contributed by atoms with Crippen molar-refractivity contribution in [1.29, 1.82) is 0 Å². The molecule has 0 aliphatic rings. The molecular formula is C19H15N3O3S. The summed E-state index contributed by atoms with van der Waals surface area (Å²) in [6.45, 7) is 0. The van der Waals surface area contributed by atoms with Crippen molar-refractivity contribution in [1.82, 2.24) is 5.32 Å². The lowest BCUT2D eigenvalue weighted by atomic mass is 10.0. The molecule has 130 valence electrons. The molecule has 26 heavy (non-hydrogen) atoms. The van der Waals surface area contributed by atoms with Gasteiger partial charge >= 0.3 is 0 Å². The Balaban J connectivity index is 1.62. The van der Waals surface area contributed by atoms with Crippen LogP contribution >= 0.6 is 12.2 Å². The molecule has 0 unspecified atom stereocenters. The van der Waals surface area contributed by atoms with Crippen LogP contribution in [0, 0.1) is 10.1 Å². The number of fused-ring (bicyclic) bond motifs is 1. The Kier molecular flexibility index (Phi) is 5.19. The first-order valence-electron chi connectivity index (χ1n) is 7.85. The Morgan fingerprint density at radius 2 is 1.69 bits per heavy atom. The molecule has 6 nitrogen and oxygen atoms in total. The lowest BCUT2D eigenvalue weighted by molar-refractivity contribution is -0.384. The summed E-state index contributed by atoms with van der Waals surface area (Å²) in [5.41, 5.74) is 1.46. The second kappa shape index (κ2) is 7.71. The maximum atomic E-state index is 12.3. The van der Waals surface area contributed by atoms with E-state index in [1.165, 1.54) is 24.3 Å². The zero-order valence-electron chi connectivity index (χ0n) is 13.6. The van der Waals surface area contributed by atoms with Gasteiger partial charge in [-0.15, -0.1) is 0 Å². The number of carbonyl (C=O) groups is 1. The molecule has 0 saturated carbocycles. The van der Waals surface area contributed by atoms with Crippen LogP contribution in [0.3, 0.4) is 0 Å². The number of carbonyl (C=O) groups excluding carboxylic acids is 1. The Hall–Kier alpha value is -3.32. The average Bonchev–Trinajstić information content (AvgIpc) is 2.62. The monoisotopic (exact) mass is 365 g/mol. The molecule has 0 atom stereocenters. The molecule has 0 saturated heterocycles. The van der Waals surface area contributed by atoms with Gasteiger partial charge in [0.1, 0.15) is 0 Å². The molecule has 3 aromatic rings. The Morgan fingerprint density at radius 3 is 2.42 bits per heavy atom. The predicted molar refractivity (Wildman–Crippen MR) is 105 cm³/mol. The Morgan fingerprint density at radius 1 is 1.00 bits per heavy atom. The second-order valence-electron chi connectivity index (χ2n) is 5.62. The molecule has 0 bridgehead atoms. The fraction of sp³-hybridized carbons (Fsp3) is 0.0526. The molecule has 0 aromatic heterocycles. The molecule has 0 aliphatic carbocycles. The van der Waals surface area contributed by atoms with Crippen LogP contribution in [0.25, 0.3) is 10.8 Å². The first-order chi connectivity index (χ1) is 12.5. The van der Waals surface area contributed by atoms with Gasteiger partial charge in [-0.2, -0.15) is 0 Å². The van der Waals surface area contributed by atoms with Gasteiger partial charge in [-0.3, -0.25) is 14.9 Å². The number of nitrogens with one attached hydrogen (secondary N) is 2. The predicted octanol–water partition coefficient (Wildman–Crippen LogP) is 3.80. The summed E-state index contributed by atoms with van der Waals surface area (Å²) in [6, 6.07) is 19.5. The fourth-order valence-corrected chi connectivity index (χ4v) is 2.85. The van der Waals surface area contributed by atoms with Crippen molar-refractivity contribution in [2.24, 2.45) is 0 Å². The number of nitro benzene ring substituents is 1. The third-order valence-corrected chi connectivity index (χ3v) is 4.02. The van der Waals surface area contributed by atoms with Crippen LogP contribution in [0.2, 0.25) is 0 Å². The summed E-state index contributed by atoms with van der Waals surface area (Å²) in [4.78, 5) is 22.4. The molecule has 0 fully saturated rings. The van der Waals surface area contributed by atoms with Crippen LogP contribution in [0.5, 0.6) is 0 Å². The van der Waals surface area contributed by atoms with E-state index in [9.17, 15) is 14.9 Å². The molecule has 0 heterocycles. The number of amides is 1. The van der Waals surface area contributed by atoms with E-state index in [2.05, 4.69) is 10.6 Å². The summed E-state index contributed by atoms with van der Waals surface area (Å²) < 4.78 is 0. The zero-order valence-corrected chi connectivity index (χ0v) is 14.5. The minimum absolute atomic E-state index is 0.0125. The lowest BCUT2D eigenvalue weighted by Gasteiger charge is -2.10. The first kappa shape index (κ1) is 17.5. The highest BCUT2D eigenvalue weighted by molar-refractivity contribution is 7.80. The highest BCUT2D eigenvalue weighted by Crippen LogP contribution is 2.19. The molecule has 2 N–H and O–H groups in total. The van der Waals surface area contributed by atoms with Crippen LogP contribution in [0.1, 0.15) is 5.56 Å². The van der Waals surface area contributed by atoms with Gasteiger partial charge in [0.05, 0.1) is 11.3 Å². The van der Waals surface area contributed by atoms with Crippen LogP contribution in [-0.4, -0.2) is 15.9 Å². The summed E-state index contributed by atoms with van der Waals surface area (Å²) in [6.07, 6.45) is 0.198. The molecule has 3 aromatic carbocycles. The van der Waals surface area contributed by atoms with Crippen molar-refractivity contribution >= 4 is 45.4 Å². The maximum absolute atomic E-state index is 12.3. The van der Waals surface area contributed by atoms with Crippen molar-refractivity contribution < 1.29 is 9.72 Å². The number of benzene rings is 3. The number of hydrogen-bond donors (Lipinski definition) is 2. The van der Waals surface area contributed by atoms with Gasteiger partial charge in [-0.25, -0.2) is 0 Å². The largest absolute Gasteiger partial charge is 0.332 e. The molecule has 0 spiro atoms. The zero-order chi connectivity index (χ0) is 18.5. The van der Waals surface area contributed by atoms with Crippen LogP contribution in [-0.2, 0) is 11.2 Å². The molecule has 7 heteroatoms. The van der Waals surface area contributed by atoms with Gasteiger partial charge in [0, 0.05) is 17.8 Å². The fourth-order valence-electron chi connectivity index (χ4n) is 2.62. The third kappa shape index (κ3) is 4.20. The van der Waals surface area contributed by atoms with E-state index in [4.69, 9.17) is 12.2 Å². The average molecular weight is 365 g/mol. The van der Waals surface area contributed by atoms with Crippen LogP contribution < -0.4 is 10.6 Å². The highest BCUT2D eigenvalue weighted by atomic mass is 32.1. The summed E-state index contributed by atoms with van der Waals surface area (Å²) in [7, 11) is 0. The van der Waals surface area contributed by atoms with Crippen molar-refractivity contribution in [3.63, 3.8) is 0 Å². The number of thiocarbonyl (C=S) groups is 1. The van der Waals surface area contributed by atoms with Crippen LogP contribution in [0.4, 0.5) is 11.4 Å². The highest BCUT2D eigenvalue weighted by Gasteiger charge is 2.10. The third-order valence-electron chi connectivity index (χ3n) is 3.82. The number of nitro groups is 1. The van der Waals surface area contributed by atoms with E-state index in [1.54, 1.807) is 0 Å². The van der Waals surface area contributed by atoms with E-state index >= 15 is 0 Å². The molecular weight excluding hydrogens is 350 g/mol. The van der Waals surface area contributed by atoms with Gasteiger partial charge < -0.3 is 10.6 Å². The first-order valence-corrected chi connectivity index (χ1v) is 8.26. The lowest BCUT2D eigenvalue weighted by Crippen LogP contribution is -2.35. The van der Waals surface area contributed by atoms with E-state index < -0.39 is 4.92 Å². The van der Waals surface area contributed by atoms with Gasteiger partial charge in [-0.1, -0.05) is 42.5 Å². The number of nitrogens with zero attached hydrogens (tertiary/aromatic N) is 1. The van der Waals surface area contributed by atoms with Gasteiger partial charge in [0.25, 0.3) is 5.69 Å². The Bertz CT molecular complexity index is 981. The van der Waals surface area contributed by atoms with E-state index in [0.29, 0.717) is 5.69 Å². The summed E-state index contributed by atoms with van der Waals surface area (Å²) in [5.74, 6) is -0.235. The van der Waals surface area contributed by atoms with Crippen molar-refractivity contribution in [3.8, 4) is 0 Å². The normalized spacial score (nSPS) is 10.3. The maximum Gasteiger partial charge on any atom is 0.269 e. The molecule has 3 rings (SSSR count). The van der Waals surface area contributed by atoms with Gasteiger partial charge in [0.15, 0.2) is 5.11 Å². The SMILES string of the molecule is O=C(Cc1cccc2ccccc12)NC(=S)Nc1ccc([N+](=O)[O-])cc1.